The molecule has 0 aliphatic heterocycles. The molecule has 0 spiro atoms. The van der Waals surface area contributed by atoms with Crippen LogP contribution in [0.25, 0.3) is 43.6 Å². The number of hydrogen-bond donors (Lipinski definition) is 0. The fourth-order valence-corrected chi connectivity index (χ4v) is 4.65. The van der Waals surface area contributed by atoms with E-state index in [0.29, 0.717) is 13.3 Å². The van der Waals surface area contributed by atoms with E-state index >= 15 is 0 Å². The van der Waals surface area contributed by atoms with E-state index in [4.69, 9.17) is 15.3 Å². The van der Waals surface area contributed by atoms with Crippen LogP contribution in [-0.4, -0.2) is 44.2 Å². The molecule has 8 rings (SSSR count). The number of hydrogen-bond acceptors (Lipinski definition) is 7. The van der Waals surface area contributed by atoms with Crippen LogP contribution in [0.3, 0.4) is 0 Å². The van der Waals surface area contributed by atoms with Gasteiger partial charge in [0.05, 0.1) is 27.2 Å². The van der Waals surface area contributed by atoms with E-state index in [-0.39, 0.29) is 22.4 Å². The summed E-state index contributed by atoms with van der Waals surface area (Å²) in [4.78, 5) is 8.25. The zero-order valence-electron chi connectivity index (χ0n) is 22.5. The van der Waals surface area contributed by atoms with Crippen LogP contribution in [0.15, 0.2) is 122 Å². The maximum Gasteiger partial charge on any atom is 1.00 e. The topological polar surface area (TPSA) is 137 Å². The van der Waals surface area contributed by atoms with Crippen molar-refractivity contribution in [1.82, 2.24) is 39.1 Å². The van der Waals surface area contributed by atoms with Gasteiger partial charge in [-0.15, -0.1) is 0 Å². The van der Waals surface area contributed by atoms with Crippen molar-refractivity contribution in [1.29, 1.82) is 0 Å². The first-order chi connectivity index (χ1) is 20.5. The van der Waals surface area contributed by atoms with Crippen LogP contribution in [0.1, 0.15) is 0 Å². The predicted molar refractivity (Wildman–Crippen MR) is 160 cm³/mol. The minimum atomic E-state index is -1.75. The average Bonchev–Trinajstić information content (AvgIpc) is 3.76. The van der Waals surface area contributed by atoms with E-state index in [9.17, 15) is 0 Å². The van der Waals surface area contributed by atoms with Crippen molar-refractivity contribution in [2.24, 2.45) is 0 Å². The Kier molecular flexibility index (Phi) is 8.91. The van der Waals surface area contributed by atoms with E-state index in [1.54, 1.807) is 0 Å². The molecule has 12 nitrogen and oxygen atoms in total. The molecule has 0 atom stereocenters. The quantitative estimate of drug-likeness (QED) is 0.137. The van der Waals surface area contributed by atoms with Gasteiger partial charge in [-0.05, 0) is 24.3 Å². The molecule has 218 valence electrons. The largest absolute Gasteiger partial charge is 1.00 e. The first-order valence-corrected chi connectivity index (χ1v) is 13.0. The van der Waals surface area contributed by atoms with Crippen LogP contribution < -0.4 is 0 Å². The number of benzene rings is 4. The Balaban J connectivity index is 0.000000150. The zero-order chi connectivity index (χ0) is 28.9. The van der Waals surface area contributed by atoms with Gasteiger partial charge in [0.25, 0.3) is 0 Å². The molecule has 4 aromatic carbocycles. The summed E-state index contributed by atoms with van der Waals surface area (Å²) in [7, 11) is 0. The molecule has 0 saturated heterocycles. The minimum absolute atomic E-state index is 0. The van der Waals surface area contributed by atoms with Crippen LogP contribution in [0.5, 0.6) is 0 Å². The summed E-state index contributed by atoms with van der Waals surface area (Å²) >= 11 is 0. The molecule has 13 heteroatoms. The predicted octanol–water partition coefficient (Wildman–Crippen LogP) is 5.54. The summed E-state index contributed by atoms with van der Waals surface area (Å²) in [6.45, 7) is 1.26. The SMILES string of the molecule is O=[N+]([O-])[O-].[Ag+].c1ccc2nn(Cn3cc4ccccc4n3)cc2c1.c1ccc2nn(Cn3cc4ccccc4n3)cc2c1. The van der Waals surface area contributed by atoms with Gasteiger partial charge >= 0.3 is 22.4 Å². The molecular weight excluding hydrogens is 642 g/mol. The number of aromatic nitrogens is 8. The van der Waals surface area contributed by atoms with Gasteiger partial charge in [-0.1, -0.05) is 72.8 Å². The molecule has 0 N–H and O–H groups in total. The number of nitrogens with zero attached hydrogens (tertiary/aromatic N) is 9. The maximum atomic E-state index is 8.25. The fraction of sp³-hybridized carbons (Fsp3) is 0.0667. The smallest absolute Gasteiger partial charge is 0.356 e. The Labute approximate surface area is 260 Å². The molecular formula is C30H24AgN9O3. The standard InChI is InChI=1S/2C15H12N4.Ag.NO3/c2*1-3-7-14-12(5-1)9-18(16-14)11-19-10-13-6-2-4-8-15(13)17-19;;2-1(3)4/h2*1-10H,11H2;;/q;;+1;-1. The van der Waals surface area contributed by atoms with E-state index in [1.807, 2.05) is 116 Å². The summed E-state index contributed by atoms with van der Waals surface area (Å²) in [6.07, 6.45) is 8.17. The van der Waals surface area contributed by atoms with Gasteiger partial charge in [0.2, 0.25) is 0 Å². The van der Waals surface area contributed by atoms with Crippen molar-refractivity contribution in [3.63, 3.8) is 0 Å². The monoisotopic (exact) mass is 665 g/mol. The first kappa shape index (κ1) is 29.2. The van der Waals surface area contributed by atoms with Gasteiger partial charge in [0.1, 0.15) is 13.3 Å². The third-order valence-electron chi connectivity index (χ3n) is 6.42. The van der Waals surface area contributed by atoms with Crippen LogP contribution in [-0.2, 0) is 35.7 Å². The van der Waals surface area contributed by atoms with Crippen molar-refractivity contribution in [2.45, 2.75) is 13.3 Å². The van der Waals surface area contributed by atoms with E-state index < -0.39 is 5.09 Å². The Hall–Kier alpha value is -5.30. The van der Waals surface area contributed by atoms with Crippen molar-refractivity contribution in [3.05, 3.63) is 137 Å². The molecule has 0 saturated carbocycles. The first-order valence-electron chi connectivity index (χ1n) is 13.0. The molecule has 0 bridgehead atoms. The second kappa shape index (κ2) is 13.1. The Morgan fingerprint density at radius 2 is 0.674 bits per heavy atom. The summed E-state index contributed by atoms with van der Waals surface area (Å²) in [5.41, 5.74) is 4.05. The van der Waals surface area contributed by atoms with Crippen molar-refractivity contribution in [2.75, 3.05) is 0 Å². The summed E-state index contributed by atoms with van der Waals surface area (Å²) < 4.78 is 7.65. The van der Waals surface area contributed by atoms with Crippen molar-refractivity contribution in [3.8, 4) is 0 Å². The minimum Gasteiger partial charge on any atom is -0.356 e. The van der Waals surface area contributed by atoms with Crippen LogP contribution >= 0.6 is 0 Å². The Bertz CT molecular complexity index is 1700. The molecule has 4 heterocycles. The summed E-state index contributed by atoms with van der Waals surface area (Å²) in [5, 5.41) is 37.5. The van der Waals surface area contributed by atoms with Crippen molar-refractivity contribution >= 4 is 43.6 Å². The molecule has 0 fully saturated rings. The van der Waals surface area contributed by atoms with Crippen LogP contribution in [0.4, 0.5) is 0 Å². The third kappa shape index (κ3) is 7.13. The normalized spacial score (nSPS) is 10.6. The molecule has 0 unspecified atom stereocenters. The summed E-state index contributed by atoms with van der Waals surface area (Å²) in [5.74, 6) is 0. The second-order valence-corrected chi connectivity index (χ2v) is 9.42. The summed E-state index contributed by atoms with van der Waals surface area (Å²) in [6, 6.07) is 32.5. The third-order valence-corrected chi connectivity index (χ3v) is 6.42. The Morgan fingerprint density at radius 3 is 0.884 bits per heavy atom. The van der Waals surface area contributed by atoms with E-state index in [2.05, 4.69) is 44.7 Å². The molecule has 8 aromatic rings. The molecule has 0 radical (unpaired) electrons. The average molecular weight is 666 g/mol. The van der Waals surface area contributed by atoms with Gasteiger partial charge < -0.3 is 15.3 Å². The molecule has 0 amide bonds. The zero-order valence-corrected chi connectivity index (χ0v) is 24.0. The van der Waals surface area contributed by atoms with Gasteiger partial charge in [0, 0.05) is 46.3 Å². The molecule has 4 aromatic heterocycles. The fourth-order valence-electron chi connectivity index (χ4n) is 4.65. The van der Waals surface area contributed by atoms with Crippen molar-refractivity contribution < 1.29 is 27.5 Å². The second-order valence-electron chi connectivity index (χ2n) is 9.42. The molecule has 0 aliphatic rings. The molecule has 43 heavy (non-hydrogen) atoms. The van der Waals surface area contributed by atoms with Crippen LogP contribution in [0, 0.1) is 15.3 Å². The van der Waals surface area contributed by atoms with Crippen LogP contribution in [0.2, 0.25) is 0 Å². The van der Waals surface area contributed by atoms with Gasteiger partial charge in [-0.3, -0.25) is 0 Å². The Morgan fingerprint density at radius 1 is 0.465 bits per heavy atom. The number of fused-ring (bicyclic) bond motifs is 4. The van der Waals surface area contributed by atoms with E-state index in [0.717, 1.165) is 43.6 Å². The van der Waals surface area contributed by atoms with E-state index in [1.165, 1.54) is 0 Å². The van der Waals surface area contributed by atoms with Gasteiger partial charge in [0.15, 0.2) is 0 Å². The molecule has 0 aliphatic carbocycles. The van der Waals surface area contributed by atoms with Gasteiger partial charge in [-0.25, -0.2) is 18.7 Å². The van der Waals surface area contributed by atoms with Gasteiger partial charge in [-0.2, -0.15) is 20.4 Å². The number of rotatable bonds is 4. The maximum absolute atomic E-state index is 8.25.